The number of aryl methyl sites for hydroxylation is 1. The van der Waals surface area contributed by atoms with Crippen LogP contribution in [0.25, 0.3) is 0 Å². The highest BCUT2D eigenvalue weighted by Crippen LogP contribution is 2.22. The van der Waals surface area contributed by atoms with E-state index in [-0.39, 0.29) is 17.3 Å². The molecule has 0 saturated carbocycles. The lowest BCUT2D eigenvalue weighted by molar-refractivity contribution is -0.385. The Labute approximate surface area is 115 Å². The summed E-state index contributed by atoms with van der Waals surface area (Å²) in [7, 11) is 0. The van der Waals surface area contributed by atoms with E-state index >= 15 is 0 Å². The highest BCUT2D eigenvalue weighted by Gasteiger charge is 2.23. The van der Waals surface area contributed by atoms with Gasteiger partial charge >= 0.3 is 0 Å². The Bertz CT molecular complexity index is 637. The number of H-pyrrole nitrogens is 1. The summed E-state index contributed by atoms with van der Waals surface area (Å²) in [5.74, 6) is 0.105. The maximum absolute atomic E-state index is 12.2. The number of nitrogens with one attached hydrogen (secondary N) is 2. The topological polar surface area (TPSA) is 101 Å². The molecule has 1 heterocycles. The molecule has 2 aromatic rings. The normalized spacial score (nSPS) is 11.9. The van der Waals surface area contributed by atoms with Gasteiger partial charge in [0, 0.05) is 18.5 Å². The lowest BCUT2D eigenvalue weighted by Crippen LogP contribution is -2.28. The van der Waals surface area contributed by atoms with E-state index < -0.39 is 10.8 Å². The molecule has 1 aromatic heterocycles. The molecule has 7 heteroatoms. The molecule has 104 valence electrons. The molecule has 0 saturated heterocycles. The molecule has 0 spiro atoms. The van der Waals surface area contributed by atoms with Crippen molar-refractivity contribution in [3.8, 4) is 0 Å². The van der Waals surface area contributed by atoms with E-state index in [0.29, 0.717) is 11.4 Å². The lowest BCUT2D eigenvalue weighted by Gasteiger charge is -2.12. The van der Waals surface area contributed by atoms with Crippen LogP contribution >= 0.6 is 0 Å². The van der Waals surface area contributed by atoms with Gasteiger partial charge < -0.3 is 10.3 Å². The Kier molecular flexibility index (Phi) is 3.79. The van der Waals surface area contributed by atoms with Crippen LogP contribution in [-0.2, 0) is 0 Å². The molecule has 2 N–H and O–H groups in total. The van der Waals surface area contributed by atoms with Crippen LogP contribution in [0.5, 0.6) is 0 Å². The number of imidazole rings is 1. The molecule has 20 heavy (non-hydrogen) atoms. The molecular weight excluding hydrogens is 260 g/mol. The molecule has 0 aliphatic carbocycles. The molecule has 7 nitrogen and oxygen atoms in total. The molecular formula is C13H14N4O3. The molecule has 1 amide bonds. The smallest absolute Gasteiger partial charge is 0.282 e. The van der Waals surface area contributed by atoms with Crippen molar-refractivity contribution in [2.75, 3.05) is 0 Å². The van der Waals surface area contributed by atoms with Crippen LogP contribution in [0.1, 0.15) is 34.7 Å². The van der Waals surface area contributed by atoms with Crippen LogP contribution in [0.4, 0.5) is 5.69 Å². The minimum Gasteiger partial charge on any atom is -0.347 e. The SMILES string of the molecule is Cc1cccc([N+](=O)[O-])c1C(=O)NC(C)c1ncc[nH]1. The summed E-state index contributed by atoms with van der Waals surface area (Å²) in [5.41, 5.74) is 0.438. The van der Waals surface area contributed by atoms with E-state index in [4.69, 9.17) is 0 Å². The summed E-state index contributed by atoms with van der Waals surface area (Å²) in [5, 5.41) is 13.7. The Morgan fingerprint density at radius 1 is 1.50 bits per heavy atom. The van der Waals surface area contributed by atoms with Crippen molar-refractivity contribution in [3.63, 3.8) is 0 Å². The van der Waals surface area contributed by atoms with Crippen LogP contribution in [0.2, 0.25) is 0 Å². The highest BCUT2D eigenvalue weighted by molar-refractivity contribution is 5.99. The Balaban J connectivity index is 2.28. The monoisotopic (exact) mass is 274 g/mol. The maximum atomic E-state index is 12.2. The van der Waals surface area contributed by atoms with Crippen molar-refractivity contribution in [2.45, 2.75) is 19.9 Å². The second-order valence-electron chi connectivity index (χ2n) is 4.40. The zero-order chi connectivity index (χ0) is 14.7. The second-order valence-corrected chi connectivity index (χ2v) is 4.40. The number of hydrogen-bond acceptors (Lipinski definition) is 4. The number of rotatable bonds is 4. The van der Waals surface area contributed by atoms with Gasteiger partial charge in [-0.1, -0.05) is 12.1 Å². The van der Waals surface area contributed by atoms with Crippen LogP contribution in [0, 0.1) is 17.0 Å². The van der Waals surface area contributed by atoms with E-state index in [1.807, 2.05) is 0 Å². The van der Waals surface area contributed by atoms with Gasteiger partial charge in [-0.15, -0.1) is 0 Å². The second kappa shape index (κ2) is 5.52. The average Bonchev–Trinajstić information content (AvgIpc) is 2.91. The van der Waals surface area contributed by atoms with Crippen molar-refractivity contribution in [1.29, 1.82) is 0 Å². The van der Waals surface area contributed by atoms with E-state index in [2.05, 4.69) is 15.3 Å². The maximum Gasteiger partial charge on any atom is 0.282 e. The first-order valence-corrected chi connectivity index (χ1v) is 6.05. The third kappa shape index (κ3) is 2.66. The summed E-state index contributed by atoms with van der Waals surface area (Å²) in [6.07, 6.45) is 3.22. The molecule has 2 rings (SSSR count). The number of amides is 1. The van der Waals surface area contributed by atoms with Crippen molar-refractivity contribution >= 4 is 11.6 Å². The zero-order valence-electron chi connectivity index (χ0n) is 11.1. The van der Waals surface area contributed by atoms with Gasteiger partial charge in [0.1, 0.15) is 11.4 Å². The first kappa shape index (κ1) is 13.7. The Morgan fingerprint density at radius 3 is 2.85 bits per heavy atom. The van der Waals surface area contributed by atoms with Crippen molar-refractivity contribution in [2.24, 2.45) is 0 Å². The molecule has 1 aromatic carbocycles. The van der Waals surface area contributed by atoms with Gasteiger partial charge in [0.25, 0.3) is 11.6 Å². The molecule has 0 fully saturated rings. The number of carbonyl (C=O) groups is 1. The van der Waals surface area contributed by atoms with E-state index in [0.717, 1.165) is 0 Å². The van der Waals surface area contributed by atoms with Gasteiger partial charge in [0.2, 0.25) is 0 Å². The Morgan fingerprint density at radius 2 is 2.25 bits per heavy atom. The fourth-order valence-electron chi connectivity index (χ4n) is 1.95. The molecule has 0 aliphatic heterocycles. The van der Waals surface area contributed by atoms with Gasteiger partial charge in [-0.05, 0) is 19.4 Å². The Hall–Kier alpha value is -2.70. The summed E-state index contributed by atoms with van der Waals surface area (Å²) in [6, 6.07) is 4.18. The number of carbonyl (C=O) groups excluding carboxylic acids is 1. The van der Waals surface area contributed by atoms with Gasteiger partial charge in [-0.3, -0.25) is 14.9 Å². The van der Waals surface area contributed by atoms with Crippen LogP contribution in [0.3, 0.4) is 0 Å². The predicted molar refractivity (Wildman–Crippen MR) is 72.3 cm³/mol. The highest BCUT2D eigenvalue weighted by atomic mass is 16.6. The fourth-order valence-corrected chi connectivity index (χ4v) is 1.95. The van der Waals surface area contributed by atoms with Gasteiger partial charge in [0.15, 0.2) is 0 Å². The largest absolute Gasteiger partial charge is 0.347 e. The summed E-state index contributed by atoms with van der Waals surface area (Å²) >= 11 is 0. The fraction of sp³-hybridized carbons (Fsp3) is 0.231. The van der Waals surface area contributed by atoms with E-state index in [1.54, 1.807) is 38.4 Å². The van der Waals surface area contributed by atoms with Crippen LogP contribution in [-0.4, -0.2) is 20.8 Å². The van der Waals surface area contributed by atoms with Crippen molar-refractivity contribution < 1.29 is 9.72 Å². The standard InChI is InChI=1S/C13H14N4O3/c1-8-4-3-5-10(17(19)20)11(8)13(18)16-9(2)12-14-6-7-15-12/h3-7,9H,1-2H3,(H,14,15)(H,16,18). The quantitative estimate of drug-likeness (QED) is 0.658. The lowest BCUT2D eigenvalue weighted by atomic mass is 10.1. The summed E-state index contributed by atoms with van der Waals surface area (Å²) in [4.78, 5) is 29.6. The summed E-state index contributed by atoms with van der Waals surface area (Å²) in [6.45, 7) is 3.42. The first-order chi connectivity index (χ1) is 9.50. The van der Waals surface area contributed by atoms with Crippen LogP contribution in [0.15, 0.2) is 30.6 Å². The minimum atomic E-state index is -0.556. The van der Waals surface area contributed by atoms with Gasteiger partial charge in [0.05, 0.1) is 11.0 Å². The van der Waals surface area contributed by atoms with Crippen molar-refractivity contribution in [3.05, 3.63) is 57.7 Å². The molecule has 0 radical (unpaired) electrons. The van der Waals surface area contributed by atoms with Crippen LogP contribution < -0.4 is 5.32 Å². The number of nitro benzene ring substituents is 1. The first-order valence-electron chi connectivity index (χ1n) is 6.05. The van der Waals surface area contributed by atoms with E-state index in [9.17, 15) is 14.9 Å². The van der Waals surface area contributed by atoms with Crippen molar-refractivity contribution in [1.82, 2.24) is 15.3 Å². The number of aromatic amines is 1. The number of nitrogens with zero attached hydrogens (tertiary/aromatic N) is 2. The average molecular weight is 274 g/mol. The minimum absolute atomic E-state index is 0.0795. The van der Waals surface area contributed by atoms with Gasteiger partial charge in [-0.2, -0.15) is 0 Å². The molecule has 1 unspecified atom stereocenters. The third-order valence-corrected chi connectivity index (χ3v) is 2.95. The third-order valence-electron chi connectivity index (χ3n) is 2.95. The van der Waals surface area contributed by atoms with E-state index in [1.165, 1.54) is 6.07 Å². The molecule has 1 atom stereocenters. The number of aromatic nitrogens is 2. The predicted octanol–water partition coefficient (Wildman–Crippen LogP) is 2.12. The number of benzene rings is 1. The number of nitro groups is 1. The number of hydrogen-bond donors (Lipinski definition) is 2. The van der Waals surface area contributed by atoms with Gasteiger partial charge in [-0.25, -0.2) is 4.98 Å². The zero-order valence-corrected chi connectivity index (χ0v) is 11.1. The summed E-state index contributed by atoms with van der Waals surface area (Å²) < 4.78 is 0. The molecule has 0 aliphatic rings. The molecule has 0 bridgehead atoms.